The number of hydrogen-bond donors (Lipinski definition) is 2. The summed E-state index contributed by atoms with van der Waals surface area (Å²) < 4.78 is 13.8. The number of amides is 2. The number of rotatable bonds is 5. The van der Waals surface area contributed by atoms with E-state index in [2.05, 4.69) is 10.6 Å². The van der Waals surface area contributed by atoms with Crippen molar-refractivity contribution in [3.8, 4) is 0 Å². The van der Waals surface area contributed by atoms with E-state index in [0.717, 1.165) is 25.9 Å². The SMILES string of the molecule is O=C(CCC1CCNC1)NC1CCN(c2ccccc2F)C1=O. The molecular formula is C17H22FN3O2. The van der Waals surface area contributed by atoms with Crippen LogP contribution in [0.2, 0.25) is 0 Å². The third kappa shape index (κ3) is 3.69. The van der Waals surface area contributed by atoms with Crippen LogP contribution in [0.4, 0.5) is 10.1 Å². The number of halogens is 1. The maximum absolute atomic E-state index is 13.8. The first-order valence-corrected chi connectivity index (χ1v) is 8.21. The van der Waals surface area contributed by atoms with Crippen molar-refractivity contribution in [3.63, 3.8) is 0 Å². The molecule has 0 saturated carbocycles. The summed E-state index contributed by atoms with van der Waals surface area (Å²) in [6, 6.07) is 5.68. The number of benzene rings is 1. The average molecular weight is 319 g/mol. The summed E-state index contributed by atoms with van der Waals surface area (Å²) in [5, 5.41) is 6.08. The van der Waals surface area contributed by atoms with E-state index < -0.39 is 11.9 Å². The van der Waals surface area contributed by atoms with Gasteiger partial charge in [-0.05, 0) is 50.4 Å². The van der Waals surface area contributed by atoms with Crippen molar-refractivity contribution in [1.29, 1.82) is 0 Å². The van der Waals surface area contributed by atoms with Crippen LogP contribution >= 0.6 is 0 Å². The zero-order valence-corrected chi connectivity index (χ0v) is 13.1. The van der Waals surface area contributed by atoms with E-state index in [1.807, 2.05) is 0 Å². The van der Waals surface area contributed by atoms with Gasteiger partial charge in [-0.15, -0.1) is 0 Å². The monoisotopic (exact) mass is 319 g/mol. The molecule has 2 fully saturated rings. The number of hydrogen-bond acceptors (Lipinski definition) is 3. The molecule has 23 heavy (non-hydrogen) atoms. The first-order valence-electron chi connectivity index (χ1n) is 8.21. The first kappa shape index (κ1) is 15.9. The Morgan fingerprint density at radius 1 is 1.35 bits per heavy atom. The fourth-order valence-corrected chi connectivity index (χ4v) is 3.29. The van der Waals surface area contributed by atoms with Gasteiger partial charge < -0.3 is 15.5 Å². The average Bonchev–Trinajstić information content (AvgIpc) is 3.17. The van der Waals surface area contributed by atoms with E-state index in [-0.39, 0.29) is 17.5 Å². The molecule has 1 aromatic rings. The summed E-state index contributed by atoms with van der Waals surface area (Å²) >= 11 is 0. The lowest BCUT2D eigenvalue weighted by Crippen LogP contribution is -2.41. The summed E-state index contributed by atoms with van der Waals surface area (Å²) in [5.74, 6) is -0.187. The third-order valence-electron chi connectivity index (χ3n) is 4.63. The Bertz CT molecular complexity index is 587. The Balaban J connectivity index is 1.52. The minimum Gasteiger partial charge on any atom is -0.344 e. The molecule has 0 aromatic heterocycles. The Labute approximate surface area is 135 Å². The van der Waals surface area contributed by atoms with Crippen molar-refractivity contribution >= 4 is 17.5 Å². The highest BCUT2D eigenvalue weighted by Crippen LogP contribution is 2.24. The molecule has 5 nitrogen and oxygen atoms in total. The van der Waals surface area contributed by atoms with Gasteiger partial charge in [0.1, 0.15) is 11.9 Å². The second-order valence-electron chi connectivity index (χ2n) is 6.25. The van der Waals surface area contributed by atoms with Gasteiger partial charge in [0, 0.05) is 13.0 Å². The Kier molecular flexibility index (Phi) is 4.91. The van der Waals surface area contributed by atoms with E-state index in [1.165, 1.54) is 11.0 Å². The first-order chi connectivity index (χ1) is 11.1. The summed E-state index contributed by atoms with van der Waals surface area (Å²) in [7, 11) is 0. The number of nitrogens with zero attached hydrogens (tertiary/aromatic N) is 1. The van der Waals surface area contributed by atoms with Crippen LogP contribution in [0, 0.1) is 11.7 Å². The van der Waals surface area contributed by atoms with Gasteiger partial charge in [-0.1, -0.05) is 12.1 Å². The van der Waals surface area contributed by atoms with Gasteiger partial charge >= 0.3 is 0 Å². The fraction of sp³-hybridized carbons (Fsp3) is 0.529. The summed E-state index contributed by atoms with van der Waals surface area (Å²) in [4.78, 5) is 25.8. The van der Waals surface area contributed by atoms with Crippen LogP contribution in [0.5, 0.6) is 0 Å². The van der Waals surface area contributed by atoms with E-state index in [9.17, 15) is 14.0 Å². The molecule has 2 saturated heterocycles. The van der Waals surface area contributed by atoms with Crippen molar-refractivity contribution in [1.82, 2.24) is 10.6 Å². The molecule has 2 heterocycles. The maximum atomic E-state index is 13.8. The van der Waals surface area contributed by atoms with Gasteiger partial charge in [-0.3, -0.25) is 9.59 Å². The quantitative estimate of drug-likeness (QED) is 0.863. The highest BCUT2D eigenvalue weighted by molar-refractivity contribution is 6.01. The van der Waals surface area contributed by atoms with Crippen molar-refractivity contribution in [3.05, 3.63) is 30.1 Å². The van der Waals surface area contributed by atoms with Crippen molar-refractivity contribution in [2.45, 2.75) is 31.7 Å². The van der Waals surface area contributed by atoms with Gasteiger partial charge in [-0.25, -0.2) is 4.39 Å². The topological polar surface area (TPSA) is 61.4 Å². The van der Waals surface area contributed by atoms with E-state index in [1.54, 1.807) is 18.2 Å². The number of carbonyl (C=O) groups is 2. The van der Waals surface area contributed by atoms with Crippen molar-refractivity contribution < 1.29 is 14.0 Å². The zero-order chi connectivity index (χ0) is 16.2. The maximum Gasteiger partial charge on any atom is 0.249 e. The minimum absolute atomic E-state index is 0.0920. The van der Waals surface area contributed by atoms with Crippen molar-refractivity contribution in [2.24, 2.45) is 5.92 Å². The van der Waals surface area contributed by atoms with Crippen LogP contribution in [0.15, 0.2) is 24.3 Å². The Hall–Kier alpha value is -1.95. The van der Waals surface area contributed by atoms with Crippen LogP contribution < -0.4 is 15.5 Å². The number of carbonyl (C=O) groups excluding carboxylic acids is 2. The van der Waals surface area contributed by atoms with Crippen LogP contribution in [0.1, 0.15) is 25.7 Å². The molecule has 124 valence electrons. The summed E-state index contributed by atoms with van der Waals surface area (Å²) in [6.45, 7) is 2.42. The van der Waals surface area contributed by atoms with Crippen molar-refractivity contribution in [2.75, 3.05) is 24.5 Å². The normalized spacial score (nSPS) is 24.2. The lowest BCUT2D eigenvalue weighted by Gasteiger charge is -2.18. The Morgan fingerprint density at radius 2 is 2.17 bits per heavy atom. The van der Waals surface area contributed by atoms with Gasteiger partial charge in [-0.2, -0.15) is 0 Å². The van der Waals surface area contributed by atoms with E-state index in [4.69, 9.17) is 0 Å². The van der Waals surface area contributed by atoms with E-state index >= 15 is 0 Å². The molecule has 2 atom stereocenters. The highest BCUT2D eigenvalue weighted by Gasteiger charge is 2.34. The predicted octanol–water partition coefficient (Wildman–Crippen LogP) is 1.44. The molecule has 0 aliphatic carbocycles. The number of para-hydroxylation sites is 1. The van der Waals surface area contributed by atoms with Crippen LogP contribution in [0.3, 0.4) is 0 Å². The lowest BCUT2D eigenvalue weighted by molar-refractivity contribution is -0.126. The van der Waals surface area contributed by atoms with Crippen LogP contribution in [-0.4, -0.2) is 37.5 Å². The van der Waals surface area contributed by atoms with Gasteiger partial charge in [0.2, 0.25) is 11.8 Å². The molecular weight excluding hydrogens is 297 g/mol. The van der Waals surface area contributed by atoms with E-state index in [0.29, 0.717) is 25.3 Å². The van der Waals surface area contributed by atoms with Gasteiger partial charge in [0.05, 0.1) is 5.69 Å². The fourth-order valence-electron chi connectivity index (χ4n) is 3.29. The molecule has 0 spiro atoms. The molecule has 2 N–H and O–H groups in total. The Morgan fingerprint density at radius 3 is 2.91 bits per heavy atom. The molecule has 3 rings (SSSR count). The second-order valence-corrected chi connectivity index (χ2v) is 6.25. The molecule has 6 heteroatoms. The molecule has 0 bridgehead atoms. The lowest BCUT2D eigenvalue weighted by atomic mass is 10.0. The standard InChI is InChI=1S/C17H22FN3O2/c18-13-3-1-2-4-15(13)21-10-8-14(17(21)23)20-16(22)6-5-12-7-9-19-11-12/h1-4,12,14,19H,5-11H2,(H,20,22). The van der Waals surface area contributed by atoms with Gasteiger partial charge in [0.25, 0.3) is 0 Å². The smallest absolute Gasteiger partial charge is 0.249 e. The summed E-state index contributed by atoms with van der Waals surface area (Å²) in [6.07, 6.45) is 2.91. The molecule has 0 radical (unpaired) electrons. The van der Waals surface area contributed by atoms with Crippen LogP contribution in [-0.2, 0) is 9.59 Å². The molecule has 2 aliphatic rings. The highest BCUT2D eigenvalue weighted by atomic mass is 19.1. The van der Waals surface area contributed by atoms with Gasteiger partial charge in [0.15, 0.2) is 0 Å². The summed E-state index contributed by atoms with van der Waals surface area (Å²) in [5.41, 5.74) is 0.284. The zero-order valence-electron chi connectivity index (χ0n) is 13.1. The molecule has 2 unspecified atom stereocenters. The molecule has 1 aromatic carbocycles. The third-order valence-corrected chi connectivity index (χ3v) is 4.63. The second kappa shape index (κ2) is 7.08. The number of anilines is 1. The van der Waals surface area contributed by atoms with Crippen LogP contribution in [0.25, 0.3) is 0 Å². The molecule has 2 aliphatic heterocycles. The number of nitrogens with one attached hydrogen (secondary N) is 2. The predicted molar refractivity (Wildman–Crippen MR) is 85.5 cm³/mol. The largest absolute Gasteiger partial charge is 0.344 e. The molecule has 2 amide bonds. The minimum atomic E-state index is -0.538.